The summed E-state index contributed by atoms with van der Waals surface area (Å²) in [6, 6.07) is 19.1. The maximum Gasteiger partial charge on any atom is 0.174 e. The minimum atomic E-state index is -0.0515. The summed E-state index contributed by atoms with van der Waals surface area (Å²) in [6.07, 6.45) is 5.55. The highest BCUT2D eigenvalue weighted by Crippen LogP contribution is 2.43. The van der Waals surface area contributed by atoms with Crippen molar-refractivity contribution >= 4 is 23.0 Å². The third-order valence-corrected chi connectivity index (χ3v) is 6.92. The van der Waals surface area contributed by atoms with Gasteiger partial charge >= 0.3 is 0 Å². The number of nitrogens with zero attached hydrogens (tertiary/aromatic N) is 4. The number of aryl methyl sites for hydroxylation is 3. The Labute approximate surface area is 206 Å². The standard InChI is InChI=1S/C28H29N5S/c1-18-13-19(2)15-23(14-18)33-27(26(31-28(33)34)25-7-5-6-10-30-25)24-16-20(3)32(21(24)4)17-22-8-11-29-12-9-22/h5-16,26-27H,17H2,1-4H3,(H,31,34)/t26-,27+/m1/s1. The molecule has 172 valence electrons. The lowest BCUT2D eigenvalue weighted by atomic mass is 9.96. The molecule has 2 atom stereocenters. The normalized spacial score (nSPS) is 17.8. The van der Waals surface area contributed by atoms with Crippen molar-refractivity contribution in [2.24, 2.45) is 0 Å². The van der Waals surface area contributed by atoms with E-state index in [2.05, 4.69) is 89.9 Å². The molecule has 0 unspecified atom stereocenters. The number of pyridine rings is 2. The zero-order chi connectivity index (χ0) is 23.8. The summed E-state index contributed by atoms with van der Waals surface area (Å²) in [4.78, 5) is 11.1. The molecule has 5 rings (SSSR count). The van der Waals surface area contributed by atoms with E-state index >= 15 is 0 Å². The van der Waals surface area contributed by atoms with E-state index in [0.717, 1.165) is 23.0 Å². The van der Waals surface area contributed by atoms with Gasteiger partial charge in [0, 0.05) is 42.2 Å². The number of anilines is 1. The number of aromatic nitrogens is 3. The van der Waals surface area contributed by atoms with Crippen LogP contribution in [0.15, 0.2) is 73.2 Å². The van der Waals surface area contributed by atoms with Crippen LogP contribution in [-0.2, 0) is 6.54 Å². The molecule has 1 fully saturated rings. The van der Waals surface area contributed by atoms with Crippen molar-refractivity contribution in [3.05, 3.63) is 113 Å². The number of hydrogen-bond acceptors (Lipinski definition) is 3. The van der Waals surface area contributed by atoms with Gasteiger partial charge in [0.05, 0.1) is 17.8 Å². The van der Waals surface area contributed by atoms with Gasteiger partial charge in [-0.05, 0) is 105 Å². The van der Waals surface area contributed by atoms with E-state index in [1.165, 1.54) is 33.6 Å². The largest absolute Gasteiger partial charge is 0.351 e. The third-order valence-electron chi connectivity index (χ3n) is 6.60. The van der Waals surface area contributed by atoms with Crippen LogP contribution in [-0.4, -0.2) is 19.6 Å². The molecule has 1 aliphatic heterocycles. The summed E-state index contributed by atoms with van der Waals surface area (Å²) in [6.45, 7) is 9.46. The van der Waals surface area contributed by atoms with Crippen molar-refractivity contribution < 1.29 is 0 Å². The Bertz CT molecular complexity index is 1310. The minimum absolute atomic E-state index is 0.0130. The summed E-state index contributed by atoms with van der Waals surface area (Å²) in [5.74, 6) is 0. The first kappa shape index (κ1) is 22.3. The van der Waals surface area contributed by atoms with Gasteiger partial charge in [0.15, 0.2) is 5.11 Å². The molecule has 4 aromatic rings. The van der Waals surface area contributed by atoms with Crippen molar-refractivity contribution in [3.63, 3.8) is 0 Å². The fraction of sp³-hybridized carbons (Fsp3) is 0.250. The lowest BCUT2D eigenvalue weighted by Crippen LogP contribution is -2.29. The first-order valence-electron chi connectivity index (χ1n) is 11.6. The molecule has 1 N–H and O–H groups in total. The smallest absolute Gasteiger partial charge is 0.174 e. The second-order valence-corrected chi connectivity index (χ2v) is 9.50. The van der Waals surface area contributed by atoms with Crippen molar-refractivity contribution in [1.29, 1.82) is 0 Å². The highest BCUT2D eigenvalue weighted by atomic mass is 32.1. The summed E-state index contributed by atoms with van der Waals surface area (Å²) < 4.78 is 2.38. The summed E-state index contributed by atoms with van der Waals surface area (Å²) >= 11 is 5.92. The van der Waals surface area contributed by atoms with Gasteiger partial charge in [-0.25, -0.2) is 0 Å². The quantitative estimate of drug-likeness (QED) is 0.380. The van der Waals surface area contributed by atoms with Gasteiger partial charge in [-0.1, -0.05) is 12.1 Å². The van der Waals surface area contributed by atoms with Crippen molar-refractivity contribution in [2.45, 2.75) is 46.3 Å². The fourth-order valence-electron chi connectivity index (χ4n) is 5.08. The molecular weight excluding hydrogens is 438 g/mol. The van der Waals surface area contributed by atoms with E-state index in [4.69, 9.17) is 17.2 Å². The molecule has 6 heteroatoms. The van der Waals surface area contributed by atoms with Gasteiger partial charge < -0.3 is 14.8 Å². The molecule has 0 bridgehead atoms. The molecule has 0 radical (unpaired) electrons. The molecule has 1 saturated heterocycles. The van der Waals surface area contributed by atoms with Gasteiger partial charge in [0.25, 0.3) is 0 Å². The summed E-state index contributed by atoms with van der Waals surface area (Å²) in [5.41, 5.74) is 9.49. The third kappa shape index (κ3) is 4.10. The number of thiocarbonyl (C=S) groups is 1. The Kier molecular flexibility index (Phi) is 5.92. The van der Waals surface area contributed by atoms with Crippen LogP contribution in [0, 0.1) is 27.7 Å². The van der Waals surface area contributed by atoms with Gasteiger partial charge in [0.1, 0.15) is 0 Å². The van der Waals surface area contributed by atoms with E-state index in [0.29, 0.717) is 0 Å². The molecule has 0 saturated carbocycles. The van der Waals surface area contributed by atoms with Crippen molar-refractivity contribution in [2.75, 3.05) is 4.90 Å². The topological polar surface area (TPSA) is 46.0 Å². The SMILES string of the molecule is Cc1cc(C)cc(N2C(=S)N[C@H](c3ccccn3)[C@@H]2c2cc(C)n(Cc3ccncc3)c2C)c1. The lowest BCUT2D eigenvalue weighted by Gasteiger charge is -2.29. The summed E-state index contributed by atoms with van der Waals surface area (Å²) in [7, 11) is 0. The predicted octanol–water partition coefficient (Wildman–Crippen LogP) is 5.74. The van der Waals surface area contributed by atoms with Crippen LogP contribution in [0.1, 0.15) is 51.4 Å². The molecule has 1 aliphatic rings. The molecule has 1 aromatic carbocycles. The Morgan fingerprint density at radius 1 is 0.912 bits per heavy atom. The number of benzene rings is 1. The first-order chi connectivity index (χ1) is 16.4. The van der Waals surface area contributed by atoms with Crippen LogP contribution < -0.4 is 10.2 Å². The Balaban J connectivity index is 1.64. The molecule has 0 aliphatic carbocycles. The number of nitrogens with one attached hydrogen (secondary N) is 1. The zero-order valence-corrected chi connectivity index (χ0v) is 20.8. The Morgan fingerprint density at radius 2 is 1.65 bits per heavy atom. The highest BCUT2D eigenvalue weighted by Gasteiger charge is 2.42. The van der Waals surface area contributed by atoms with Crippen LogP contribution in [0.3, 0.4) is 0 Å². The van der Waals surface area contributed by atoms with Crippen molar-refractivity contribution in [3.8, 4) is 0 Å². The van der Waals surface area contributed by atoms with E-state index in [-0.39, 0.29) is 12.1 Å². The average molecular weight is 468 g/mol. The second-order valence-electron chi connectivity index (χ2n) is 9.11. The monoisotopic (exact) mass is 467 g/mol. The van der Waals surface area contributed by atoms with Gasteiger partial charge in [0.2, 0.25) is 0 Å². The van der Waals surface area contributed by atoms with E-state index in [1.807, 2.05) is 30.7 Å². The lowest BCUT2D eigenvalue weighted by molar-refractivity contribution is 0.563. The Morgan fingerprint density at radius 3 is 2.32 bits per heavy atom. The molecular formula is C28H29N5S. The molecule has 4 heterocycles. The van der Waals surface area contributed by atoms with Crippen molar-refractivity contribution in [1.82, 2.24) is 19.9 Å². The van der Waals surface area contributed by atoms with Gasteiger partial charge in [-0.2, -0.15) is 0 Å². The molecule has 34 heavy (non-hydrogen) atoms. The highest BCUT2D eigenvalue weighted by molar-refractivity contribution is 7.80. The van der Waals surface area contributed by atoms with E-state index in [1.54, 1.807) is 0 Å². The van der Waals surface area contributed by atoms with Crippen LogP contribution in [0.4, 0.5) is 5.69 Å². The second kappa shape index (κ2) is 9.03. The van der Waals surface area contributed by atoms with Crippen LogP contribution >= 0.6 is 12.2 Å². The van der Waals surface area contributed by atoms with Gasteiger partial charge in [-0.3, -0.25) is 9.97 Å². The first-order valence-corrected chi connectivity index (χ1v) is 12.0. The maximum atomic E-state index is 5.92. The van der Waals surface area contributed by atoms with Crippen LogP contribution in [0.2, 0.25) is 0 Å². The molecule has 0 amide bonds. The Hall–Kier alpha value is -3.51. The predicted molar refractivity (Wildman–Crippen MR) is 141 cm³/mol. The van der Waals surface area contributed by atoms with Crippen LogP contribution in [0.5, 0.6) is 0 Å². The number of rotatable bonds is 5. The fourth-order valence-corrected chi connectivity index (χ4v) is 5.43. The number of hydrogen-bond donors (Lipinski definition) is 1. The van der Waals surface area contributed by atoms with E-state index in [9.17, 15) is 0 Å². The minimum Gasteiger partial charge on any atom is -0.351 e. The van der Waals surface area contributed by atoms with Gasteiger partial charge in [-0.15, -0.1) is 0 Å². The average Bonchev–Trinajstić information content (AvgIpc) is 3.30. The van der Waals surface area contributed by atoms with Crippen LogP contribution in [0.25, 0.3) is 0 Å². The summed E-state index contributed by atoms with van der Waals surface area (Å²) in [5, 5.41) is 4.32. The molecule has 5 nitrogen and oxygen atoms in total. The maximum absolute atomic E-state index is 5.92. The zero-order valence-electron chi connectivity index (χ0n) is 20.0. The van der Waals surface area contributed by atoms with E-state index < -0.39 is 0 Å². The molecule has 3 aromatic heterocycles. The molecule has 0 spiro atoms.